The Labute approximate surface area is 158 Å². The van der Waals surface area contributed by atoms with Crippen LogP contribution >= 0.6 is 0 Å². The molecule has 0 spiro atoms. The van der Waals surface area contributed by atoms with Gasteiger partial charge in [0.05, 0.1) is 14.2 Å². The summed E-state index contributed by atoms with van der Waals surface area (Å²) < 4.78 is 15.3. The minimum absolute atomic E-state index is 0.182. The molecule has 0 atom stereocenters. The summed E-state index contributed by atoms with van der Waals surface area (Å²) in [5.74, 6) is 0.638. The van der Waals surface area contributed by atoms with Gasteiger partial charge >= 0.3 is 0 Å². The quantitative estimate of drug-likeness (QED) is 0.661. The molecule has 0 unspecified atom stereocenters. The van der Waals surface area contributed by atoms with Crippen molar-refractivity contribution in [1.82, 2.24) is 5.32 Å². The topological polar surface area (TPSA) is 85.9 Å². The zero-order valence-corrected chi connectivity index (χ0v) is 15.7. The van der Waals surface area contributed by atoms with Gasteiger partial charge in [-0.2, -0.15) is 0 Å². The molecule has 0 bridgehead atoms. The number of amides is 2. The molecule has 7 heteroatoms. The summed E-state index contributed by atoms with van der Waals surface area (Å²) in [4.78, 5) is 24.4. The predicted octanol–water partition coefficient (Wildman–Crippen LogP) is 2.72. The molecule has 0 aliphatic rings. The lowest BCUT2D eigenvalue weighted by molar-refractivity contribution is 0.0946. The summed E-state index contributed by atoms with van der Waals surface area (Å²) in [5.41, 5.74) is 1.52. The van der Waals surface area contributed by atoms with Gasteiger partial charge in [-0.25, -0.2) is 0 Å². The van der Waals surface area contributed by atoms with E-state index in [1.165, 1.54) is 7.11 Å². The third-order valence-electron chi connectivity index (χ3n) is 3.86. The molecule has 2 aromatic rings. The first-order chi connectivity index (χ1) is 13.1. The van der Waals surface area contributed by atoms with Crippen LogP contribution < -0.4 is 20.1 Å². The van der Waals surface area contributed by atoms with Crippen molar-refractivity contribution in [2.75, 3.05) is 39.8 Å². The van der Waals surface area contributed by atoms with Crippen molar-refractivity contribution in [3.63, 3.8) is 0 Å². The molecule has 0 aliphatic carbocycles. The van der Waals surface area contributed by atoms with E-state index in [1.807, 2.05) is 0 Å². The number of rotatable bonds is 9. The van der Waals surface area contributed by atoms with Crippen LogP contribution in [0.5, 0.6) is 11.5 Å². The van der Waals surface area contributed by atoms with Gasteiger partial charge in [-0.3, -0.25) is 9.59 Å². The van der Waals surface area contributed by atoms with E-state index in [0.717, 1.165) is 6.42 Å². The molecule has 0 saturated heterocycles. The smallest absolute Gasteiger partial charge is 0.255 e. The van der Waals surface area contributed by atoms with Gasteiger partial charge < -0.3 is 24.8 Å². The zero-order valence-electron chi connectivity index (χ0n) is 15.7. The Hall–Kier alpha value is -3.06. The van der Waals surface area contributed by atoms with Gasteiger partial charge in [-0.15, -0.1) is 0 Å². The molecular formula is C20H24N2O5. The number of hydrogen-bond acceptors (Lipinski definition) is 5. The third kappa shape index (κ3) is 5.72. The van der Waals surface area contributed by atoms with E-state index in [9.17, 15) is 9.59 Å². The zero-order chi connectivity index (χ0) is 19.6. The minimum atomic E-state index is -0.283. The van der Waals surface area contributed by atoms with Crippen LogP contribution in [0.1, 0.15) is 27.1 Å². The number of benzene rings is 2. The van der Waals surface area contributed by atoms with Crippen molar-refractivity contribution in [2.45, 2.75) is 6.42 Å². The van der Waals surface area contributed by atoms with Gasteiger partial charge in [0.1, 0.15) is 0 Å². The van der Waals surface area contributed by atoms with Crippen LogP contribution in [-0.2, 0) is 4.74 Å². The predicted molar refractivity (Wildman–Crippen MR) is 103 cm³/mol. The Balaban J connectivity index is 1.98. The maximum Gasteiger partial charge on any atom is 0.255 e. The number of methoxy groups -OCH3 is 3. The molecule has 0 heterocycles. The van der Waals surface area contributed by atoms with Gasteiger partial charge in [0.2, 0.25) is 0 Å². The first-order valence-electron chi connectivity index (χ1n) is 8.49. The second kappa shape index (κ2) is 10.2. The summed E-state index contributed by atoms with van der Waals surface area (Å²) in [6.45, 7) is 1.13. The van der Waals surface area contributed by atoms with Gasteiger partial charge in [0.15, 0.2) is 11.5 Å². The molecule has 0 saturated carbocycles. The molecule has 2 aromatic carbocycles. The standard InChI is InChI=1S/C20H24N2O5/c1-25-12-4-11-21-19(23)14-5-7-15(8-6-14)20(24)22-16-9-10-17(26-2)18(13-16)27-3/h5-10,13H,4,11-12H2,1-3H3,(H,21,23)(H,22,24). The van der Waals surface area contributed by atoms with E-state index in [2.05, 4.69) is 10.6 Å². The van der Waals surface area contributed by atoms with Crippen molar-refractivity contribution in [2.24, 2.45) is 0 Å². The highest BCUT2D eigenvalue weighted by molar-refractivity contribution is 6.05. The normalized spacial score (nSPS) is 10.2. The molecule has 2 N–H and O–H groups in total. The van der Waals surface area contributed by atoms with Crippen molar-refractivity contribution in [1.29, 1.82) is 0 Å². The SMILES string of the molecule is COCCCNC(=O)c1ccc(C(=O)Nc2ccc(OC)c(OC)c2)cc1. The fraction of sp³-hybridized carbons (Fsp3) is 0.300. The van der Waals surface area contributed by atoms with Gasteiger partial charge in [0.25, 0.3) is 11.8 Å². The number of carbonyl (C=O) groups is 2. The van der Waals surface area contributed by atoms with E-state index >= 15 is 0 Å². The fourth-order valence-corrected chi connectivity index (χ4v) is 2.41. The highest BCUT2D eigenvalue weighted by Gasteiger charge is 2.11. The number of hydrogen-bond donors (Lipinski definition) is 2. The Morgan fingerprint density at radius 1 is 0.852 bits per heavy atom. The maximum atomic E-state index is 12.4. The molecule has 2 amide bonds. The summed E-state index contributed by atoms with van der Waals surface area (Å²) in [6.07, 6.45) is 0.744. The first kappa shape index (κ1) is 20.3. The number of carbonyl (C=O) groups excluding carboxylic acids is 2. The molecule has 7 nitrogen and oxygen atoms in total. The monoisotopic (exact) mass is 372 g/mol. The Morgan fingerprint density at radius 2 is 1.48 bits per heavy atom. The number of nitrogens with one attached hydrogen (secondary N) is 2. The van der Waals surface area contributed by atoms with Crippen LogP contribution in [0.3, 0.4) is 0 Å². The Bertz CT molecular complexity index is 774. The van der Waals surface area contributed by atoms with Gasteiger partial charge in [0, 0.05) is 43.1 Å². The second-order valence-electron chi connectivity index (χ2n) is 5.70. The molecule has 27 heavy (non-hydrogen) atoms. The second-order valence-corrected chi connectivity index (χ2v) is 5.70. The summed E-state index contributed by atoms with van der Waals surface area (Å²) in [7, 11) is 4.70. The minimum Gasteiger partial charge on any atom is -0.493 e. The van der Waals surface area contributed by atoms with E-state index in [1.54, 1.807) is 56.7 Å². The largest absolute Gasteiger partial charge is 0.493 e. The van der Waals surface area contributed by atoms with Crippen molar-refractivity contribution < 1.29 is 23.8 Å². The highest BCUT2D eigenvalue weighted by atomic mass is 16.5. The molecular weight excluding hydrogens is 348 g/mol. The maximum absolute atomic E-state index is 12.4. The first-order valence-corrected chi connectivity index (χ1v) is 8.49. The Morgan fingerprint density at radius 3 is 2.07 bits per heavy atom. The van der Waals surface area contributed by atoms with Crippen molar-refractivity contribution >= 4 is 17.5 Å². The van der Waals surface area contributed by atoms with Gasteiger partial charge in [-0.1, -0.05) is 0 Å². The number of ether oxygens (including phenoxy) is 3. The summed E-state index contributed by atoms with van der Waals surface area (Å²) in [6, 6.07) is 11.6. The van der Waals surface area contributed by atoms with E-state index in [0.29, 0.717) is 41.5 Å². The van der Waals surface area contributed by atoms with Crippen LogP contribution in [0.4, 0.5) is 5.69 Å². The van der Waals surface area contributed by atoms with E-state index in [-0.39, 0.29) is 11.8 Å². The third-order valence-corrected chi connectivity index (χ3v) is 3.86. The molecule has 0 fully saturated rings. The lowest BCUT2D eigenvalue weighted by atomic mass is 10.1. The van der Waals surface area contributed by atoms with Crippen LogP contribution in [0.2, 0.25) is 0 Å². The van der Waals surface area contributed by atoms with Crippen LogP contribution in [-0.4, -0.2) is 46.3 Å². The molecule has 144 valence electrons. The Kier molecular flexibility index (Phi) is 7.63. The van der Waals surface area contributed by atoms with Crippen LogP contribution in [0.15, 0.2) is 42.5 Å². The summed E-state index contributed by atoms with van der Waals surface area (Å²) in [5, 5.41) is 5.59. The average Bonchev–Trinajstić information content (AvgIpc) is 2.71. The molecule has 0 aliphatic heterocycles. The lowest BCUT2D eigenvalue weighted by Gasteiger charge is -2.11. The van der Waals surface area contributed by atoms with E-state index in [4.69, 9.17) is 14.2 Å². The number of anilines is 1. The highest BCUT2D eigenvalue weighted by Crippen LogP contribution is 2.29. The van der Waals surface area contributed by atoms with Crippen molar-refractivity contribution in [3.05, 3.63) is 53.6 Å². The molecule has 2 rings (SSSR count). The lowest BCUT2D eigenvalue weighted by Crippen LogP contribution is -2.25. The molecule has 0 aromatic heterocycles. The molecule has 0 radical (unpaired) electrons. The van der Waals surface area contributed by atoms with Crippen molar-refractivity contribution in [3.8, 4) is 11.5 Å². The van der Waals surface area contributed by atoms with Crippen LogP contribution in [0.25, 0.3) is 0 Å². The van der Waals surface area contributed by atoms with Crippen LogP contribution in [0, 0.1) is 0 Å². The summed E-state index contributed by atoms with van der Waals surface area (Å²) >= 11 is 0. The average molecular weight is 372 g/mol. The van der Waals surface area contributed by atoms with Gasteiger partial charge in [-0.05, 0) is 42.8 Å². The fourth-order valence-electron chi connectivity index (χ4n) is 2.41. The van der Waals surface area contributed by atoms with E-state index < -0.39 is 0 Å².